The molecule has 3 amide bonds. The number of carboxylic acids is 1. The first-order valence-corrected chi connectivity index (χ1v) is 10.0. The fourth-order valence-corrected chi connectivity index (χ4v) is 3.72. The number of nitrogens with zero attached hydrogens (tertiary/aromatic N) is 2. The van der Waals surface area contributed by atoms with E-state index in [2.05, 4.69) is 13.8 Å². The van der Waals surface area contributed by atoms with Gasteiger partial charge in [-0.05, 0) is 30.2 Å². The summed E-state index contributed by atoms with van der Waals surface area (Å²) in [6.45, 7) is 6.58. The lowest BCUT2D eigenvalue weighted by Gasteiger charge is -2.27. The maximum atomic E-state index is 13.1. The molecule has 0 bridgehead atoms. The van der Waals surface area contributed by atoms with Crippen molar-refractivity contribution in [1.29, 1.82) is 0 Å². The highest BCUT2D eigenvalue weighted by molar-refractivity contribution is 7.98. The van der Waals surface area contributed by atoms with E-state index in [1.54, 1.807) is 12.1 Å². The number of urea groups is 1. The van der Waals surface area contributed by atoms with Crippen molar-refractivity contribution in [2.75, 3.05) is 17.7 Å². The topological polar surface area (TPSA) is 77.9 Å². The molecule has 1 aliphatic rings. The maximum absolute atomic E-state index is 13.1. The number of para-hydroxylation sites is 1. The zero-order valence-electron chi connectivity index (χ0n) is 15.6. The first-order valence-electron chi connectivity index (χ1n) is 8.81. The number of benzene rings is 1. The van der Waals surface area contributed by atoms with E-state index in [-0.39, 0.29) is 12.3 Å². The molecule has 0 saturated carbocycles. The maximum Gasteiger partial charge on any atom is 0.332 e. The van der Waals surface area contributed by atoms with Gasteiger partial charge in [0.15, 0.2) is 0 Å². The van der Waals surface area contributed by atoms with E-state index in [1.807, 2.05) is 25.3 Å². The van der Waals surface area contributed by atoms with Crippen LogP contribution in [0.25, 0.3) is 0 Å². The first-order chi connectivity index (χ1) is 12.3. The quantitative estimate of drug-likeness (QED) is 0.551. The second kappa shape index (κ2) is 8.58. The van der Waals surface area contributed by atoms with Crippen LogP contribution in [0.5, 0.6) is 0 Å². The molecule has 0 spiro atoms. The van der Waals surface area contributed by atoms with Gasteiger partial charge in [-0.2, -0.15) is 0 Å². The third kappa shape index (κ3) is 4.03. The summed E-state index contributed by atoms with van der Waals surface area (Å²) < 4.78 is 0. The minimum atomic E-state index is -1.09. The number of imide groups is 1. The molecule has 1 heterocycles. The molecule has 1 N–H and O–H groups in total. The van der Waals surface area contributed by atoms with Gasteiger partial charge in [0.25, 0.3) is 5.91 Å². The molecule has 6 nitrogen and oxygen atoms in total. The minimum absolute atomic E-state index is 0.170. The third-order valence-electron chi connectivity index (χ3n) is 5.11. The summed E-state index contributed by atoms with van der Waals surface area (Å²) in [5, 5.41) is 9.23. The molecule has 2 rings (SSSR count). The highest BCUT2D eigenvalue weighted by atomic mass is 32.2. The molecular formula is C19H26N2O4S. The minimum Gasteiger partial charge on any atom is -0.481 e. The number of rotatable bonds is 8. The van der Waals surface area contributed by atoms with Crippen LogP contribution in [0.4, 0.5) is 10.5 Å². The Labute approximate surface area is 158 Å². The third-order valence-corrected chi connectivity index (χ3v) is 5.90. The molecule has 1 aromatic rings. The molecule has 0 aromatic heterocycles. The number of carbonyl (C=O) groups excluding carboxylic acids is 2. The number of amides is 3. The van der Waals surface area contributed by atoms with Crippen LogP contribution in [0.15, 0.2) is 29.2 Å². The lowest BCUT2D eigenvalue weighted by molar-refractivity contribution is -0.140. The summed E-state index contributed by atoms with van der Waals surface area (Å²) in [6, 6.07) is 5.79. The average Bonchev–Trinajstić information content (AvgIpc) is 2.84. The van der Waals surface area contributed by atoms with E-state index in [9.17, 15) is 19.5 Å². The monoisotopic (exact) mass is 378 g/mol. The van der Waals surface area contributed by atoms with Gasteiger partial charge in [0.05, 0.1) is 12.1 Å². The van der Waals surface area contributed by atoms with Gasteiger partial charge in [-0.3, -0.25) is 9.59 Å². The van der Waals surface area contributed by atoms with Gasteiger partial charge < -0.3 is 10.0 Å². The number of carboxylic acid groups (broad SMARTS) is 1. The van der Waals surface area contributed by atoms with Crippen molar-refractivity contribution in [2.24, 2.45) is 11.8 Å². The molecule has 3 atom stereocenters. The highest BCUT2D eigenvalue weighted by Crippen LogP contribution is 2.34. The Morgan fingerprint density at radius 3 is 2.46 bits per heavy atom. The van der Waals surface area contributed by atoms with Crippen LogP contribution in [0.3, 0.4) is 0 Å². The number of aliphatic carboxylic acids is 1. The summed E-state index contributed by atoms with van der Waals surface area (Å²) in [5.41, 5.74) is 0.518. The van der Waals surface area contributed by atoms with Crippen LogP contribution in [0.2, 0.25) is 0 Å². The predicted molar refractivity (Wildman–Crippen MR) is 102 cm³/mol. The Morgan fingerprint density at radius 1 is 1.23 bits per heavy atom. The Hall–Kier alpha value is -2.02. The van der Waals surface area contributed by atoms with Gasteiger partial charge in [-0.25, -0.2) is 9.69 Å². The van der Waals surface area contributed by atoms with Crippen LogP contribution < -0.4 is 4.90 Å². The van der Waals surface area contributed by atoms with Crippen molar-refractivity contribution < 1.29 is 19.5 Å². The molecule has 1 aliphatic heterocycles. The first kappa shape index (κ1) is 20.3. The molecule has 0 aliphatic carbocycles. The number of hydrogen-bond donors (Lipinski definition) is 1. The standard InChI is InChI=1S/C19H26N2O4S/c1-5-12(2)13(3)11-20-15(10-17(22)23)18(24)21(19(20)25)14-8-6-7-9-16(14)26-4/h6-9,12-13,15H,5,10-11H2,1-4H3,(H,22,23)/t12?,13?,15-/m0/s1. The van der Waals surface area contributed by atoms with E-state index >= 15 is 0 Å². The molecule has 1 aromatic carbocycles. The Morgan fingerprint density at radius 2 is 1.88 bits per heavy atom. The van der Waals surface area contributed by atoms with Gasteiger partial charge in [0.1, 0.15) is 6.04 Å². The molecule has 26 heavy (non-hydrogen) atoms. The molecular weight excluding hydrogens is 352 g/mol. The van der Waals surface area contributed by atoms with Gasteiger partial charge >= 0.3 is 12.0 Å². The van der Waals surface area contributed by atoms with E-state index in [4.69, 9.17) is 0 Å². The Balaban J connectivity index is 2.39. The van der Waals surface area contributed by atoms with Crippen molar-refractivity contribution in [3.63, 3.8) is 0 Å². The van der Waals surface area contributed by atoms with E-state index in [0.717, 1.165) is 16.2 Å². The van der Waals surface area contributed by atoms with Crippen LogP contribution in [-0.4, -0.2) is 46.8 Å². The molecule has 2 unspecified atom stereocenters. The normalized spacial score (nSPS) is 19.8. The van der Waals surface area contributed by atoms with Gasteiger partial charge in [-0.1, -0.05) is 39.3 Å². The number of thioether (sulfide) groups is 1. The number of hydrogen-bond acceptors (Lipinski definition) is 4. The van der Waals surface area contributed by atoms with Gasteiger partial charge in [-0.15, -0.1) is 11.8 Å². The fourth-order valence-electron chi connectivity index (χ4n) is 3.14. The van der Waals surface area contributed by atoms with Crippen molar-refractivity contribution in [3.8, 4) is 0 Å². The molecule has 7 heteroatoms. The van der Waals surface area contributed by atoms with E-state index in [1.165, 1.54) is 16.7 Å². The average molecular weight is 378 g/mol. The van der Waals surface area contributed by atoms with Crippen LogP contribution >= 0.6 is 11.8 Å². The zero-order valence-corrected chi connectivity index (χ0v) is 16.5. The molecule has 0 radical (unpaired) electrons. The number of anilines is 1. The van der Waals surface area contributed by atoms with E-state index in [0.29, 0.717) is 18.2 Å². The fraction of sp³-hybridized carbons (Fsp3) is 0.526. The predicted octanol–water partition coefficient (Wildman–Crippen LogP) is 3.70. The molecule has 142 valence electrons. The van der Waals surface area contributed by atoms with Crippen molar-refractivity contribution in [1.82, 2.24) is 4.90 Å². The number of carbonyl (C=O) groups is 3. The zero-order chi connectivity index (χ0) is 19.4. The lowest BCUT2D eigenvalue weighted by Crippen LogP contribution is -2.40. The SMILES string of the molecule is CCC(C)C(C)CN1C(=O)N(c2ccccc2SC)C(=O)[C@@H]1CC(=O)O. The summed E-state index contributed by atoms with van der Waals surface area (Å²) in [7, 11) is 0. The summed E-state index contributed by atoms with van der Waals surface area (Å²) in [5.74, 6) is -1.01. The Bertz CT molecular complexity index is 694. The summed E-state index contributed by atoms with van der Waals surface area (Å²) in [6.07, 6.45) is 2.46. The largest absolute Gasteiger partial charge is 0.481 e. The van der Waals surface area contributed by atoms with Gasteiger partial charge in [0.2, 0.25) is 0 Å². The lowest BCUT2D eigenvalue weighted by atomic mass is 9.93. The molecule has 1 saturated heterocycles. The smallest absolute Gasteiger partial charge is 0.332 e. The van der Waals surface area contributed by atoms with Crippen molar-refractivity contribution in [2.45, 2.75) is 44.6 Å². The van der Waals surface area contributed by atoms with Crippen molar-refractivity contribution >= 4 is 35.4 Å². The second-order valence-electron chi connectivity index (χ2n) is 6.76. The van der Waals surface area contributed by atoms with Crippen LogP contribution in [-0.2, 0) is 9.59 Å². The second-order valence-corrected chi connectivity index (χ2v) is 7.60. The van der Waals surface area contributed by atoms with E-state index < -0.39 is 23.9 Å². The van der Waals surface area contributed by atoms with Crippen LogP contribution in [0.1, 0.15) is 33.6 Å². The molecule has 1 fully saturated rings. The van der Waals surface area contributed by atoms with Crippen LogP contribution in [0, 0.1) is 11.8 Å². The summed E-state index contributed by atoms with van der Waals surface area (Å²) in [4.78, 5) is 40.7. The van der Waals surface area contributed by atoms with Gasteiger partial charge in [0, 0.05) is 11.4 Å². The summed E-state index contributed by atoms with van der Waals surface area (Å²) >= 11 is 1.44. The van der Waals surface area contributed by atoms with Crippen molar-refractivity contribution in [3.05, 3.63) is 24.3 Å². The Kier molecular flexibility index (Phi) is 6.69. The highest BCUT2D eigenvalue weighted by Gasteiger charge is 2.47.